The van der Waals surface area contributed by atoms with Gasteiger partial charge in [0.05, 0.1) is 0 Å². The van der Waals surface area contributed by atoms with E-state index in [0.29, 0.717) is 0 Å². The zero-order valence-electron chi connectivity index (χ0n) is 6.18. The molecule has 0 saturated heterocycles. The van der Waals surface area contributed by atoms with Gasteiger partial charge in [-0.05, 0) is 0 Å². The molecule has 1 radical (unpaired) electrons. The molecule has 47 valence electrons. The third-order valence-corrected chi connectivity index (χ3v) is 1.32. The molecule has 0 aromatic heterocycles. The zero-order valence-corrected chi connectivity index (χ0v) is 6.18. The minimum atomic E-state index is 0.212. The van der Waals surface area contributed by atoms with Crippen molar-refractivity contribution in [2.45, 2.75) is 20.8 Å². The Morgan fingerprint density at radius 3 is 2.33 bits per heavy atom. The molecule has 0 spiro atoms. The molecule has 1 aliphatic rings. The highest BCUT2D eigenvalue weighted by Crippen LogP contribution is 2.18. The number of allylic oxidation sites excluding steroid dienone is 1. The lowest BCUT2D eigenvalue weighted by molar-refractivity contribution is 0.596. The first kappa shape index (κ1) is 6.59. The normalized spacial score (nSPS) is 17.4. The Hall–Kier alpha value is -0.525. The van der Waals surface area contributed by atoms with E-state index >= 15 is 0 Å². The minimum absolute atomic E-state index is 0.212. The monoisotopic (exact) mass is 120 g/mol. The van der Waals surface area contributed by atoms with Gasteiger partial charge in [-0.2, -0.15) is 0 Å². The molecule has 0 aromatic rings. The van der Waals surface area contributed by atoms with Crippen LogP contribution in [-0.2, 0) is 0 Å². The first-order valence-electron chi connectivity index (χ1n) is 3.19. The van der Waals surface area contributed by atoms with Crippen LogP contribution in [0.15, 0.2) is 17.0 Å². The summed E-state index contributed by atoms with van der Waals surface area (Å²) in [5.74, 6) is 1.97. The molecule has 0 bridgehead atoms. The van der Waals surface area contributed by atoms with Crippen LogP contribution < -0.4 is 0 Å². The van der Waals surface area contributed by atoms with Crippen molar-refractivity contribution in [2.24, 2.45) is 10.3 Å². The molecule has 1 heterocycles. The molecule has 0 atom stereocenters. The molecule has 9 heavy (non-hydrogen) atoms. The predicted molar refractivity (Wildman–Crippen MR) is 41.8 cm³/mol. The molecule has 0 aromatic carbocycles. The Balaban J connectivity index is 2.73. The van der Waals surface area contributed by atoms with Gasteiger partial charge in [0.1, 0.15) is 0 Å². The van der Waals surface area contributed by atoms with Crippen molar-refractivity contribution in [2.75, 3.05) is 0 Å². The van der Waals surface area contributed by atoms with Crippen LogP contribution in [0.4, 0.5) is 0 Å². The van der Waals surface area contributed by atoms with E-state index in [1.54, 1.807) is 0 Å². The smallest absolute Gasteiger partial charge is 0.304 e. The summed E-state index contributed by atoms with van der Waals surface area (Å²) in [7, 11) is 1.83. The van der Waals surface area contributed by atoms with Gasteiger partial charge in [-0.1, -0.05) is 32.8 Å². The largest absolute Gasteiger partial charge is 0.346 e. The number of hydrogen-bond acceptors (Lipinski definition) is 1. The summed E-state index contributed by atoms with van der Waals surface area (Å²) in [6, 6.07) is 0. The maximum absolute atomic E-state index is 4.19. The SMILES string of the molecule is CC(C)(C)C1=N[B]C=C1. The van der Waals surface area contributed by atoms with E-state index in [1.807, 2.05) is 13.4 Å². The Bertz CT molecular complexity index is 162. The van der Waals surface area contributed by atoms with E-state index in [0.717, 1.165) is 0 Å². The quantitative estimate of drug-likeness (QED) is 0.430. The molecule has 0 aliphatic carbocycles. The van der Waals surface area contributed by atoms with Gasteiger partial charge in [0.15, 0.2) is 0 Å². The number of nitrogens with zero attached hydrogens (tertiary/aromatic N) is 1. The maximum atomic E-state index is 4.19. The molecule has 0 unspecified atom stereocenters. The Morgan fingerprint density at radius 2 is 2.11 bits per heavy atom. The fourth-order valence-electron chi connectivity index (χ4n) is 0.744. The van der Waals surface area contributed by atoms with Gasteiger partial charge >= 0.3 is 7.41 Å². The van der Waals surface area contributed by atoms with Gasteiger partial charge in [-0.3, -0.25) is 0 Å². The van der Waals surface area contributed by atoms with Crippen LogP contribution >= 0.6 is 0 Å². The molecular formula is C7H11BN. The van der Waals surface area contributed by atoms with Crippen molar-refractivity contribution in [3.8, 4) is 0 Å². The van der Waals surface area contributed by atoms with Gasteiger partial charge in [-0.25, -0.2) is 0 Å². The van der Waals surface area contributed by atoms with Crippen molar-refractivity contribution in [3.63, 3.8) is 0 Å². The lowest BCUT2D eigenvalue weighted by Gasteiger charge is -2.16. The van der Waals surface area contributed by atoms with Crippen LogP contribution in [0.2, 0.25) is 0 Å². The number of rotatable bonds is 0. The fraction of sp³-hybridized carbons (Fsp3) is 0.571. The van der Waals surface area contributed by atoms with E-state index in [4.69, 9.17) is 0 Å². The average Bonchev–Trinajstić information content (AvgIpc) is 2.08. The van der Waals surface area contributed by atoms with Crippen molar-refractivity contribution in [1.29, 1.82) is 0 Å². The molecule has 0 saturated carbocycles. The molecule has 2 heteroatoms. The molecule has 0 amide bonds. The first-order chi connectivity index (χ1) is 4.11. The summed E-state index contributed by atoms with van der Waals surface area (Å²) in [6.45, 7) is 6.49. The minimum Gasteiger partial charge on any atom is -0.346 e. The topological polar surface area (TPSA) is 12.4 Å². The van der Waals surface area contributed by atoms with Crippen LogP contribution in [0.25, 0.3) is 0 Å². The maximum Gasteiger partial charge on any atom is 0.304 e. The number of hydrogen-bond donors (Lipinski definition) is 0. The van der Waals surface area contributed by atoms with E-state index in [9.17, 15) is 0 Å². The third-order valence-electron chi connectivity index (χ3n) is 1.32. The zero-order chi connectivity index (χ0) is 6.91. The predicted octanol–water partition coefficient (Wildman–Crippen LogP) is 1.62. The van der Waals surface area contributed by atoms with Crippen molar-refractivity contribution in [3.05, 3.63) is 12.1 Å². The molecule has 1 nitrogen and oxygen atoms in total. The van der Waals surface area contributed by atoms with E-state index in [2.05, 4.69) is 31.8 Å². The lowest BCUT2D eigenvalue weighted by atomic mass is 9.90. The van der Waals surface area contributed by atoms with Gasteiger partial charge < -0.3 is 4.90 Å². The van der Waals surface area contributed by atoms with E-state index in [-0.39, 0.29) is 5.41 Å². The standard InChI is InChI=1S/C7H11BN/c1-7(2,3)6-4-5-8-9-6/h4-5H,1-3H3. The van der Waals surface area contributed by atoms with E-state index < -0.39 is 0 Å². The highest BCUT2D eigenvalue weighted by Gasteiger charge is 2.17. The van der Waals surface area contributed by atoms with Gasteiger partial charge in [0.25, 0.3) is 0 Å². The first-order valence-corrected chi connectivity index (χ1v) is 3.19. The summed E-state index contributed by atoms with van der Waals surface area (Å²) < 4.78 is 0. The summed E-state index contributed by atoms with van der Waals surface area (Å²) in [4.78, 5) is 4.19. The summed E-state index contributed by atoms with van der Waals surface area (Å²) in [5, 5.41) is 0. The van der Waals surface area contributed by atoms with Crippen LogP contribution in [0.3, 0.4) is 0 Å². The van der Waals surface area contributed by atoms with Crippen molar-refractivity contribution >= 4 is 13.1 Å². The summed E-state index contributed by atoms with van der Waals surface area (Å²) >= 11 is 0. The summed E-state index contributed by atoms with van der Waals surface area (Å²) in [5.41, 5.74) is 1.38. The van der Waals surface area contributed by atoms with Gasteiger partial charge in [0.2, 0.25) is 0 Å². The lowest BCUT2D eigenvalue weighted by Crippen LogP contribution is -2.16. The van der Waals surface area contributed by atoms with Crippen LogP contribution in [0.5, 0.6) is 0 Å². The van der Waals surface area contributed by atoms with Crippen LogP contribution in [0.1, 0.15) is 20.8 Å². The van der Waals surface area contributed by atoms with Crippen LogP contribution in [0, 0.1) is 5.41 Å². The van der Waals surface area contributed by atoms with E-state index in [1.165, 1.54) is 5.71 Å². The van der Waals surface area contributed by atoms with Gasteiger partial charge in [-0.15, -0.1) is 0 Å². The third kappa shape index (κ3) is 1.44. The highest BCUT2D eigenvalue weighted by molar-refractivity contribution is 6.47. The van der Waals surface area contributed by atoms with Gasteiger partial charge in [0, 0.05) is 11.1 Å². The highest BCUT2D eigenvalue weighted by atomic mass is 14.7. The molecule has 1 aliphatic heterocycles. The Labute approximate surface area is 57.1 Å². The second kappa shape index (κ2) is 2.01. The Morgan fingerprint density at radius 1 is 1.44 bits per heavy atom. The second-order valence-corrected chi connectivity index (χ2v) is 3.27. The van der Waals surface area contributed by atoms with Crippen LogP contribution in [-0.4, -0.2) is 13.1 Å². The molecular weight excluding hydrogens is 109 g/mol. The average molecular weight is 120 g/mol. The summed E-state index contributed by atoms with van der Waals surface area (Å²) in [6.07, 6.45) is 2.06. The molecule has 0 N–H and O–H groups in total. The van der Waals surface area contributed by atoms with Crippen molar-refractivity contribution in [1.82, 2.24) is 0 Å². The molecule has 1 rings (SSSR count). The Kier molecular flexibility index (Phi) is 1.48. The molecule has 0 fully saturated rings. The van der Waals surface area contributed by atoms with Crippen molar-refractivity contribution < 1.29 is 0 Å². The fourth-order valence-corrected chi connectivity index (χ4v) is 0.744. The second-order valence-electron chi connectivity index (χ2n) is 3.27.